The Morgan fingerprint density at radius 2 is 2.35 bits per heavy atom. The van der Waals surface area contributed by atoms with Gasteiger partial charge in [-0.15, -0.1) is 0 Å². The Hall–Kier alpha value is -1.56. The van der Waals surface area contributed by atoms with Crippen LogP contribution in [0.4, 0.5) is 5.88 Å². The summed E-state index contributed by atoms with van der Waals surface area (Å²) < 4.78 is 5.12. The van der Waals surface area contributed by atoms with Crippen molar-refractivity contribution in [2.75, 3.05) is 31.6 Å². The first kappa shape index (κ1) is 11.9. The van der Waals surface area contributed by atoms with Crippen molar-refractivity contribution in [1.82, 2.24) is 10.1 Å². The number of carbonyl (C=O) groups is 1. The second kappa shape index (κ2) is 5.67. The van der Waals surface area contributed by atoms with Gasteiger partial charge in [0.05, 0.1) is 12.3 Å². The molecule has 94 valence electrons. The molecular weight excluding hydrogens is 222 g/mol. The molecule has 2 N–H and O–H groups in total. The van der Waals surface area contributed by atoms with Crippen molar-refractivity contribution >= 4 is 12.3 Å². The third-order valence-electron chi connectivity index (χ3n) is 3.04. The van der Waals surface area contributed by atoms with Gasteiger partial charge in [-0.05, 0) is 12.8 Å². The standard InChI is InChI=1S/C11H17N3O3/c15-6-3-12-11-7-10(13-17-11)9-1-4-14(8-16)5-2-9/h7-9,12,15H,1-6H2. The molecule has 1 aliphatic rings. The number of aliphatic hydroxyl groups excluding tert-OH is 1. The Bertz CT molecular complexity index is 359. The second-order valence-electron chi connectivity index (χ2n) is 4.18. The first-order chi connectivity index (χ1) is 8.33. The van der Waals surface area contributed by atoms with Gasteiger partial charge < -0.3 is 19.8 Å². The summed E-state index contributed by atoms with van der Waals surface area (Å²) >= 11 is 0. The van der Waals surface area contributed by atoms with E-state index in [2.05, 4.69) is 10.5 Å². The highest BCUT2D eigenvalue weighted by atomic mass is 16.5. The molecule has 1 amide bonds. The van der Waals surface area contributed by atoms with Crippen LogP contribution in [0.2, 0.25) is 0 Å². The number of likely N-dealkylation sites (tertiary alicyclic amines) is 1. The lowest BCUT2D eigenvalue weighted by Crippen LogP contribution is -2.31. The first-order valence-electron chi connectivity index (χ1n) is 5.84. The van der Waals surface area contributed by atoms with Crippen molar-refractivity contribution in [1.29, 1.82) is 0 Å². The number of hydrogen-bond donors (Lipinski definition) is 2. The number of nitrogens with zero attached hydrogens (tertiary/aromatic N) is 2. The molecule has 1 aliphatic heterocycles. The van der Waals surface area contributed by atoms with E-state index in [0.717, 1.165) is 38.0 Å². The van der Waals surface area contributed by atoms with Crippen molar-refractivity contribution in [3.8, 4) is 0 Å². The minimum Gasteiger partial charge on any atom is -0.395 e. The van der Waals surface area contributed by atoms with Gasteiger partial charge in [-0.25, -0.2) is 0 Å². The van der Waals surface area contributed by atoms with Gasteiger partial charge in [0.15, 0.2) is 0 Å². The largest absolute Gasteiger partial charge is 0.395 e. The molecule has 1 saturated heterocycles. The van der Waals surface area contributed by atoms with Crippen LogP contribution in [0.1, 0.15) is 24.5 Å². The summed E-state index contributed by atoms with van der Waals surface area (Å²) in [6.45, 7) is 2.08. The van der Waals surface area contributed by atoms with E-state index in [1.165, 1.54) is 0 Å². The maximum absolute atomic E-state index is 10.6. The number of anilines is 1. The molecule has 0 atom stereocenters. The van der Waals surface area contributed by atoms with E-state index in [9.17, 15) is 4.79 Å². The summed E-state index contributed by atoms with van der Waals surface area (Å²) in [5, 5.41) is 15.6. The maximum atomic E-state index is 10.6. The van der Waals surface area contributed by atoms with Crippen LogP contribution in [-0.4, -0.2) is 47.8 Å². The summed E-state index contributed by atoms with van der Waals surface area (Å²) in [5.74, 6) is 0.950. The van der Waals surface area contributed by atoms with Gasteiger partial charge in [-0.2, -0.15) is 0 Å². The Labute approximate surface area is 99.6 Å². The number of aliphatic hydroxyl groups is 1. The molecule has 0 spiro atoms. The zero-order valence-electron chi connectivity index (χ0n) is 9.63. The fourth-order valence-electron chi connectivity index (χ4n) is 2.04. The molecule has 6 nitrogen and oxygen atoms in total. The van der Waals surface area contributed by atoms with Crippen molar-refractivity contribution < 1.29 is 14.4 Å². The Morgan fingerprint density at radius 3 is 3.00 bits per heavy atom. The quantitative estimate of drug-likeness (QED) is 0.728. The van der Waals surface area contributed by atoms with Crippen LogP contribution in [0.15, 0.2) is 10.6 Å². The predicted octanol–water partition coefficient (Wildman–Crippen LogP) is 0.415. The summed E-state index contributed by atoms with van der Waals surface area (Å²) in [5.41, 5.74) is 0.927. The molecule has 2 heterocycles. The van der Waals surface area contributed by atoms with E-state index in [1.807, 2.05) is 6.07 Å². The van der Waals surface area contributed by atoms with Crippen LogP contribution in [0, 0.1) is 0 Å². The molecule has 1 fully saturated rings. The number of amides is 1. The fraction of sp³-hybridized carbons (Fsp3) is 0.636. The molecule has 0 aromatic carbocycles. The zero-order valence-corrected chi connectivity index (χ0v) is 9.63. The molecule has 0 radical (unpaired) electrons. The first-order valence-corrected chi connectivity index (χ1v) is 5.84. The van der Waals surface area contributed by atoms with Gasteiger partial charge in [-0.1, -0.05) is 5.16 Å². The smallest absolute Gasteiger partial charge is 0.224 e. The number of carbonyl (C=O) groups excluding carboxylic acids is 1. The molecule has 0 saturated carbocycles. The SMILES string of the molecule is O=CN1CCC(c2cc(NCCO)on2)CC1. The van der Waals surface area contributed by atoms with Crippen molar-refractivity contribution in [3.05, 3.63) is 11.8 Å². The highest BCUT2D eigenvalue weighted by molar-refractivity contribution is 5.47. The number of rotatable bonds is 5. The lowest BCUT2D eigenvalue weighted by Gasteiger charge is -2.27. The number of piperidine rings is 1. The summed E-state index contributed by atoms with van der Waals surface area (Å²) in [4.78, 5) is 12.4. The molecule has 2 rings (SSSR count). The van der Waals surface area contributed by atoms with E-state index in [-0.39, 0.29) is 6.61 Å². The van der Waals surface area contributed by atoms with Crippen molar-refractivity contribution in [2.24, 2.45) is 0 Å². The van der Waals surface area contributed by atoms with E-state index in [1.54, 1.807) is 4.90 Å². The van der Waals surface area contributed by atoms with Crippen LogP contribution in [-0.2, 0) is 4.79 Å². The average Bonchev–Trinajstić information content (AvgIpc) is 2.85. The highest BCUT2D eigenvalue weighted by Crippen LogP contribution is 2.28. The summed E-state index contributed by atoms with van der Waals surface area (Å²) in [6, 6.07) is 1.87. The van der Waals surface area contributed by atoms with E-state index in [0.29, 0.717) is 18.3 Å². The van der Waals surface area contributed by atoms with Crippen LogP contribution in [0.3, 0.4) is 0 Å². The minimum atomic E-state index is 0.0633. The molecule has 1 aromatic heterocycles. The second-order valence-corrected chi connectivity index (χ2v) is 4.18. The number of aromatic nitrogens is 1. The van der Waals surface area contributed by atoms with Crippen LogP contribution in [0.25, 0.3) is 0 Å². The lowest BCUT2D eigenvalue weighted by molar-refractivity contribution is -0.119. The summed E-state index contributed by atoms with van der Waals surface area (Å²) in [7, 11) is 0. The minimum absolute atomic E-state index is 0.0633. The zero-order chi connectivity index (χ0) is 12.1. The summed E-state index contributed by atoms with van der Waals surface area (Å²) in [6.07, 6.45) is 2.74. The Kier molecular flexibility index (Phi) is 3.98. The van der Waals surface area contributed by atoms with E-state index >= 15 is 0 Å². The third kappa shape index (κ3) is 2.97. The molecule has 0 unspecified atom stereocenters. The van der Waals surface area contributed by atoms with Crippen LogP contribution < -0.4 is 5.32 Å². The van der Waals surface area contributed by atoms with E-state index in [4.69, 9.17) is 9.63 Å². The monoisotopic (exact) mass is 239 g/mol. The normalized spacial score (nSPS) is 17.1. The van der Waals surface area contributed by atoms with Crippen molar-refractivity contribution in [2.45, 2.75) is 18.8 Å². The number of nitrogens with one attached hydrogen (secondary N) is 1. The highest BCUT2D eigenvalue weighted by Gasteiger charge is 2.22. The molecule has 0 aliphatic carbocycles. The fourth-order valence-corrected chi connectivity index (χ4v) is 2.04. The number of hydrogen-bond acceptors (Lipinski definition) is 5. The van der Waals surface area contributed by atoms with Gasteiger partial charge in [0, 0.05) is 31.6 Å². The Balaban J connectivity index is 1.89. The lowest BCUT2D eigenvalue weighted by atomic mass is 9.94. The van der Waals surface area contributed by atoms with Gasteiger partial charge in [0.2, 0.25) is 12.3 Å². The molecular formula is C11H17N3O3. The third-order valence-corrected chi connectivity index (χ3v) is 3.04. The van der Waals surface area contributed by atoms with Gasteiger partial charge in [0.1, 0.15) is 0 Å². The molecule has 17 heavy (non-hydrogen) atoms. The Morgan fingerprint density at radius 1 is 1.59 bits per heavy atom. The predicted molar refractivity (Wildman–Crippen MR) is 61.7 cm³/mol. The molecule has 6 heteroatoms. The van der Waals surface area contributed by atoms with Crippen LogP contribution in [0.5, 0.6) is 0 Å². The molecule has 0 bridgehead atoms. The van der Waals surface area contributed by atoms with Gasteiger partial charge in [-0.3, -0.25) is 4.79 Å². The van der Waals surface area contributed by atoms with Gasteiger partial charge >= 0.3 is 0 Å². The topological polar surface area (TPSA) is 78.6 Å². The maximum Gasteiger partial charge on any atom is 0.224 e. The average molecular weight is 239 g/mol. The van der Waals surface area contributed by atoms with Gasteiger partial charge in [0.25, 0.3) is 0 Å². The van der Waals surface area contributed by atoms with Crippen LogP contribution >= 0.6 is 0 Å². The molecule has 1 aromatic rings. The van der Waals surface area contributed by atoms with Crippen molar-refractivity contribution in [3.63, 3.8) is 0 Å². The van der Waals surface area contributed by atoms with E-state index < -0.39 is 0 Å².